The number of likely N-dealkylation sites (tertiary alicyclic amines) is 1. The summed E-state index contributed by atoms with van der Waals surface area (Å²) in [5, 5.41) is 0. The second-order valence-corrected chi connectivity index (χ2v) is 6.46. The van der Waals surface area contributed by atoms with Gasteiger partial charge in [0.15, 0.2) is 0 Å². The lowest BCUT2D eigenvalue weighted by Gasteiger charge is -2.14. The number of halogens is 1. The van der Waals surface area contributed by atoms with E-state index in [0.29, 0.717) is 18.8 Å². The van der Waals surface area contributed by atoms with Crippen LogP contribution in [0, 0.1) is 0 Å². The van der Waals surface area contributed by atoms with Gasteiger partial charge < -0.3 is 4.90 Å². The van der Waals surface area contributed by atoms with Crippen molar-refractivity contribution in [1.82, 2.24) is 9.62 Å². The molecule has 1 fully saturated rings. The molecule has 6 heteroatoms. The van der Waals surface area contributed by atoms with Gasteiger partial charge in [-0.2, -0.15) is 0 Å². The first kappa shape index (κ1) is 14.2. The maximum Gasteiger partial charge on any atom is 0.211 e. The van der Waals surface area contributed by atoms with E-state index in [4.69, 9.17) is 11.6 Å². The Morgan fingerprint density at radius 1 is 1.19 bits per heavy atom. The summed E-state index contributed by atoms with van der Waals surface area (Å²) in [7, 11) is -3.08. The van der Waals surface area contributed by atoms with Crippen molar-refractivity contribution in [2.45, 2.75) is 25.7 Å². The molecule has 0 amide bonds. The van der Waals surface area contributed by atoms with Gasteiger partial charge in [0, 0.05) is 19.0 Å². The molecule has 1 heterocycles. The zero-order valence-electron chi connectivity index (χ0n) is 9.62. The quantitative estimate of drug-likeness (QED) is 0.528. The number of alkyl halides is 1. The van der Waals surface area contributed by atoms with Crippen molar-refractivity contribution in [3.63, 3.8) is 0 Å². The zero-order chi connectivity index (χ0) is 11.9. The molecule has 96 valence electrons. The number of hydrogen-bond donors (Lipinski definition) is 1. The van der Waals surface area contributed by atoms with E-state index < -0.39 is 10.0 Å². The fraction of sp³-hybridized carbons (Fsp3) is 1.00. The largest absolute Gasteiger partial charge is 0.302 e. The maximum absolute atomic E-state index is 11.5. The van der Waals surface area contributed by atoms with Crippen LogP contribution in [0.15, 0.2) is 0 Å². The third-order valence-corrected chi connectivity index (χ3v) is 4.48. The van der Waals surface area contributed by atoms with E-state index in [1.807, 2.05) is 0 Å². The summed E-state index contributed by atoms with van der Waals surface area (Å²) in [5.74, 6) is 0.725. The van der Waals surface area contributed by atoms with Gasteiger partial charge in [-0.15, -0.1) is 11.6 Å². The van der Waals surface area contributed by atoms with Crippen LogP contribution in [0.2, 0.25) is 0 Å². The molecule has 0 radical (unpaired) electrons. The van der Waals surface area contributed by atoms with E-state index in [9.17, 15) is 8.42 Å². The van der Waals surface area contributed by atoms with Crippen LogP contribution in [-0.4, -0.2) is 51.1 Å². The number of hydrogen-bond acceptors (Lipinski definition) is 3. The predicted octanol–water partition coefficient (Wildman–Crippen LogP) is 1.02. The Morgan fingerprint density at radius 2 is 1.88 bits per heavy atom. The fourth-order valence-corrected chi connectivity index (χ4v) is 3.14. The third-order valence-electron chi connectivity index (χ3n) is 2.75. The van der Waals surface area contributed by atoms with Crippen LogP contribution in [0.4, 0.5) is 0 Å². The van der Waals surface area contributed by atoms with Gasteiger partial charge in [0.1, 0.15) is 0 Å². The van der Waals surface area contributed by atoms with Crippen molar-refractivity contribution in [1.29, 1.82) is 0 Å². The molecule has 1 aliphatic heterocycles. The molecule has 0 spiro atoms. The summed E-state index contributed by atoms with van der Waals surface area (Å²) in [6.07, 6.45) is 3.88. The minimum absolute atomic E-state index is 0.194. The van der Waals surface area contributed by atoms with Gasteiger partial charge >= 0.3 is 0 Å². The van der Waals surface area contributed by atoms with Crippen LogP contribution in [-0.2, 0) is 10.0 Å². The van der Waals surface area contributed by atoms with Crippen LogP contribution in [0.5, 0.6) is 0 Å². The highest BCUT2D eigenvalue weighted by atomic mass is 35.5. The molecule has 0 bridgehead atoms. The number of unbranched alkanes of at least 4 members (excludes halogenated alkanes) is 1. The lowest BCUT2D eigenvalue weighted by Crippen LogP contribution is -2.34. The Balaban J connectivity index is 2.09. The van der Waals surface area contributed by atoms with Crippen molar-refractivity contribution in [3.05, 3.63) is 0 Å². The molecule has 0 aromatic rings. The Hall–Kier alpha value is 0.160. The summed E-state index contributed by atoms with van der Waals surface area (Å²) in [5.41, 5.74) is 0. The van der Waals surface area contributed by atoms with Gasteiger partial charge in [-0.05, 0) is 38.8 Å². The monoisotopic (exact) mass is 268 g/mol. The lowest BCUT2D eigenvalue weighted by atomic mass is 10.4. The second kappa shape index (κ2) is 7.48. The van der Waals surface area contributed by atoms with E-state index in [-0.39, 0.29) is 5.75 Å². The molecule has 1 rings (SSSR count). The SMILES string of the molecule is O=S(=O)(CCCCCl)NCCN1CCCC1. The minimum atomic E-state index is -3.08. The van der Waals surface area contributed by atoms with Crippen molar-refractivity contribution >= 4 is 21.6 Å². The molecule has 16 heavy (non-hydrogen) atoms. The summed E-state index contributed by atoms with van der Waals surface area (Å²) >= 11 is 5.50. The van der Waals surface area contributed by atoms with Crippen LogP contribution in [0.3, 0.4) is 0 Å². The van der Waals surface area contributed by atoms with Gasteiger partial charge in [-0.25, -0.2) is 13.1 Å². The summed E-state index contributed by atoms with van der Waals surface area (Å²) < 4.78 is 25.6. The molecule has 0 aromatic carbocycles. The highest BCUT2D eigenvalue weighted by Gasteiger charge is 2.13. The van der Waals surface area contributed by atoms with Gasteiger partial charge in [-0.1, -0.05) is 0 Å². The van der Waals surface area contributed by atoms with Crippen molar-refractivity contribution in [3.8, 4) is 0 Å². The fourth-order valence-electron chi connectivity index (χ4n) is 1.82. The number of rotatable bonds is 8. The number of sulfonamides is 1. The molecule has 1 saturated heterocycles. The van der Waals surface area contributed by atoms with Crippen molar-refractivity contribution in [2.24, 2.45) is 0 Å². The first-order valence-electron chi connectivity index (χ1n) is 5.90. The summed E-state index contributed by atoms with van der Waals surface area (Å²) in [4.78, 5) is 2.29. The molecular formula is C10H21ClN2O2S. The summed E-state index contributed by atoms with van der Waals surface area (Å²) in [6.45, 7) is 3.57. The molecule has 4 nitrogen and oxygen atoms in total. The zero-order valence-corrected chi connectivity index (χ0v) is 11.2. The van der Waals surface area contributed by atoms with E-state index in [2.05, 4.69) is 9.62 Å². The van der Waals surface area contributed by atoms with Gasteiger partial charge in [0.25, 0.3) is 0 Å². The van der Waals surface area contributed by atoms with E-state index in [1.54, 1.807) is 0 Å². The molecule has 1 N–H and O–H groups in total. The molecule has 0 aliphatic carbocycles. The smallest absolute Gasteiger partial charge is 0.211 e. The van der Waals surface area contributed by atoms with Crippen LogP contribution >= 0.6 is 11.6 Å². The van der Waals surface area contributed by atoms with Gasteiger partial charge in [0.05, 0.1) is 5.75 Å². The Bertz CT molecular complexity index is 277. The van der Waals surface area contributed by atoms with Crippen molar-refractivity contribution in [2.75, 3.05) is 37.8 Å². The Kier molecular flexibility index (Phi) is 6.65. The van der Waals surface area contributed by atoms with E-state index in [1.165, 1.54) is 12.8 Å². The molecule has 0 aromatic heterocycles. The van der Waals surface area contributed by atoms with Gasteiger partial charge in [-0.3, -0.25) is 0 Å². The highest BCUT2D eigenvalue weighted by Crippen LogP contribution is 2.05. The topological polar surface area (TPSA) is 49.4 Å². The predicted molar refractivity (Wildman–Crippen MR) is 67.4 cm³/mol. The summed E-state index contributed by atoms with van der Waals surface area (Å²) in [6, 6.07) is 0. The number of nitrogens with zero attached hydrogens (tertiary/aromatic N) is 1. The molecule has 1 aliphatic rings. The van der Waals surface area contributed by atoms with Crippen LogP contribution < -0.4 is 4.72 Å². The Labute approximate surface area is 103 Å². The highest BCUT2D eigenvalue weighted by molar-refractivity contribution is 7.89. The van der Waals surface area contributed by atoms with Crippen molar-refractivity contribution < 1.29 is 8.42 Å². The number of nitrogens with one attached hydrogen (secondary N) is 1. The van der Waals surface area contributed by atoms with Gasteiger partial charge in [0.2, 0.25) is 10.0 Å². The molecule has 0 unspecified atom stereocenters. The second-order valence-electron chi connectivity index (χ2n) is 4.16. The standard InChI is InChI=1S/C10H21ClN2O2S/c11-5-1-4-10-16(14,15)12-6-9-13-7-2-3-8-13/h12H,1-10H2. The Morgan fingerprint density at radius 3 is 2.50 bits per heavy atom. The molecule has 0 atom stereocenters. The average molecular weight is 269 g/mol. The average Bonchev–Trinajstić information content (AvgIpc) is 2.70. The maximum atomic E-state index is 11.5. The normalized spacial score (nSPS) is 18.1. The minimum Gasteiger partial charge on any atom is -0.302 e. The first-order chi connectivity index (χ1) is 7.64. The molecular weight excluding hydrogens is 248 g/mol. The molecule has 0 saturated carbocycles. The third kappa shape index (κ3) is 6.03. The van der Waals surface area contributed by atoms with E-state index >= 15 is 0 Å². The first-order valence-corrected chi connectivity index (χ1v) is 8.08. The van der Waals surface area contributed by atoms with E-state index in [0.717, 1.165) is 26.1 Å². The van der Waals surface area contributed by atoms with Crippen LogP contribution in [0.1, 0.15) is 25.7 Å². The van der Waals surface area contributed by atoms with Crippen LogP contribution in [0.25, 0.3) is 0 Å². The lowest BCUT2D eigenvalue weighted by molar-refractivity contribution is 0.344.